The summed E-state index contributed by atoms with van der Waals surface area (Å²) in [5, 5.41) is 9.64. The van der Waals surface area contributed by atoms with E-state index < -0.39 is 15.8 Å². The van der Waals surface area contributed by atoms with Gasteiger partial charge >= 0.3 is 0 Å². The normalized spacial score (nSPS) is 18.3. The highest BCUT2D eigenvalue weighted by Gasteiger charge is 2.30. The Morgan fingerprint density at radius 1 is 1.01 bits per heavy atom. The highest BCUT2D eigenvalue weighted by molar-refractivity contribution is 7.92. The Balaban J connectivity index is 0.873. The first kappa shape index (κ1) is 49.1. The molecule has 1 atom stereocenters. The number of hydrogen-bond donors (Lipinski definition) is 5. The van der Waals surface area contributed by atoms with Gasteiger partial charge in [-0.05, 0) is 99.3 Å². The largest absolute Gasteiger partial charge is 0.403 e. The van der Waals surface area contributed by atoms with Gasteiger partial charge in [-0.15, -0.1) is 11.3 Å². The summed E-state index contributed by atoms with van der Waals surface area (Å²) in [6.45, 7) is 12.4. The first-order chi connectivity index (χ1) is 32.1. The molecule has 0 radical (unpaired) electrons. The molecular weight excluding hydrogens is 894 g/mol. The maximum Gasteiger partial charge on any atom is 0.236 e. The number of anilines is 3. The number of rotatable bonds is 17. The summed E-state index contributed by atoms with van der Waals surface area (Å²) < 4.78 is 43.5. The van der Waals surface area contributed by atoms with Crippen molar-refractivity contribution in [2.45, 2.75) is 84.0 Å². The molecule has 3 fully saturated rings. The fraction of sp³-hybridized carbons (Fsp3) is 0.479. The number of nitrogens with one attached hydrogen (secondary N) is 4. The third-order valence-electron chi connectivity index (χ3n) is 12.4. The number of carbonyl (C=O) groups excluding carboxylic acids is 3. The molecule has 3 aliphatic heterocycles. The zero-order valence-corrected chi connectivity index (χ0v) is 40.3. The lowest BCUT2D eigenvalue weighted by Gasteiger charge is -2.35. The quantitative estimate of drug-likeness (QED) is 0.0551. The molecule has 4 aromatic rings. The second kappa shape index (κ2) is 21.9. The molecule has 5 heterocycles. The molecule has 0 spiro atoms. The molecule has 67 heavy (non-hydrogen) atoms. The molecule has 2 aromatic heterocycles. The van der Waals surface area contributed by atoms with Crippen LogP contribution in [-0.2, 0) is 29.8 Å². The number of aliphatic imine (C=N–C) groups is 1. The van der Waals surface area contributed by atoms with Crippen LogP contribution in [-0.4, -0.2) is 109 Å². The van der Waals surface area contributed by atoms with Gasteiger partial charge in [-0.1, -0.05) is 45.9 Å². The van der Waals surface area contributed by atoms with Crippen LogP contribution in [0.15, 0.2) is 71.6 Å². The highest BCUT2D eigenvalue weighted by atomic mass is 32.2. The SMILES string of the molecule is CCCS(=O)(=O)Nc1cccc(-c2nc(C(C)(C)C)sc2-c2ccnc(N/C(C=NCC3CCN(C(=O)CN4CCC(c5ccc(NCC6CCC(=O)NC6=O)cc5)CC4)CC3)=C/N)n2)c1F. The van der Waals surface area contributed by atoms with Crippen molar-refractivity contribution in [1.29, 1.82) is 0 Å². The molecule has 3 saturated heterocycles. The van der Waals surface area contributed by atoms with Crippen LogP contribution >= 0.6 is 11.3 Å². The zero-order chi connectivity index (χ0) is 47.7. The number of sulfonamides is 1. The Morgan fingerprint density at radius 2 is 1.76 bits per heavy atom. The van der Waals surface area contributed by atoms with Crippen molar-refractivity contribution in [1.82, 2.24) is 30.1 Å². The molecule has 0 bridgehead atoms. The van der Waals surface area contributed by atoms with Gasteiger partial charge in [0.1, 0.15) is 0 Å². The van der Waals surface area contributed by atoms with Gasteiger partial charge in [0.25, 0.3) is 0 Å². The van der Waals surface area contributed by atoms with Crippen molar-refractivity contribution < 1.29 is 27.2 Å². The summed E-state index contributed by atoms with van der Waals surface area (Å²) in [6.07, 6.45) is 9.64. The van der Waals surface area contributed by atoms with E-state index in [1.54, 1.807) is 37.5 Å². The van der Waals surface area contributed by atoms with Crippen LogP contribution in [0.3, 0.4) is 0 Å². The van der Waals surface area contributed by atoms with E-state index in [2.05, 4.69) is 59.8 Å². The molecular formula is C48H62FN11O5S2. The molecule has 3 amide bonds. The van der Waals surface area contributed by atoms with Crippen LogP contribution in [0.25, 0.3) is 21.8 Å². The summed E-state index contributed by atoms with van der Waals surface area (Å²) in [6, 6.07) is 14.7. The summed E-state index contributed by atoms with van der Waals surface area (Å²) in [5.74, 6) is -0.315. The molecule has 6 N–H and O–H groups in total. The van der Waals surface area contributed by atoms with Crippen molar-refractivity contribution in [2.24, 2.45) is 22.6 Å². The van der Waals surface area contributed by atoms with Crippen LogP contribution in [0.1, 0.15) is 89.1 Å². The average Bonchev–Trinajstić information content (AvgIpc) is 3.76. The summed E-state index contributed by atoms with van der Waals surface area (Å²) in [5.41, 5.74) is 9.21. The average molecular weight is 956 g/mol. The second-order valence-corrected chi connectivity index (χ2v) is 21.4. The lowest BCUT2D eigenvalue weighted by atomic mass is 9.89. The monoisotopic (exact) mass is 955 g/mol. The fourth-order valence-electron chi connectivity index (χ4n) is 8.50. The number of carbonyl (C=O) groups is 3. The van der Waals surface area contributed by atoms with Gasteiger partial charge in [-0.3, -0.25) is 34.3 Å². The number of nitrogens with zero attached hydrogens (tertiary/aromatic N) is 6. The Morgan fingerprint density at radius 3 is 2.45 bits per heavy atom. The predicted molar refractivity (Wildman–Crippen MR) is 263 cm³/mol. The van der Waals surface area contributed by atoms with Crippen molar-refractivity contribution >= 4 is 62.6 Å². The molecule has 16 nitrogen and oxygen atoms in total. The molecule has 1 unspecified atom stereocenters. The van der Waals surface area contributed by atoms with E-state index in [0.29, 0.717) is 85.8 Å². The molecule has 3 aliphatic rings. The van der Waals surface area contributed by atoms with Crippen LogP contribution in [0, 0.1) is 17.7 Å². The lowest BCUT2D eigenvalue weighted by molar-refractivity contribution is -0.136. The van der Waals surface area contributed by atoms with Gasteiger partial charge in [0, 0.05) is 67.9 Å². The van der Waals surface area contributed by atoms with Gasteiger partial charge in [-0.25, -0.2) is 27.8 Å². The van der Waals surface area contributed by atoms with E-state index >= 15 is 4.39 Å². The van der Waals surface area contributed by atoms with E-state index in [-0.39, 0.29) is 52.0 Å². The maximum absolute atomic E-state index is 16.1. The fourth-order valence-corrected chi connectivity index (χ4v) is 10.7. The first-order valence-corrected chi connectivity index (χ1v) is 25.6. The minimum Gasteiger partial charge on any atom is -0.403 e. The zero-order valence-electron chi connectivity index (χ0n) is 38.7. The molecule has 0 saturated carbocycles. The highest BCUT2D eigenvalue weighted by Crippen LogP contribution is 2.42. The minimum atomic E-state index is -3.73. The number of amides is 3. The molecule has 19 heteroatoms. The van der Waals surface area contributed by atoms with Gasteiger partial charge < -0.3 is 21.3 Å². The molecule has 2 aromatic carbocycles. The van der Waals surface area contributed by atoms with E-state index in [1.165, 1.54) is 29.2 Å². The number of allylic oxidation sites excluding steroid dienone is 1. The minimum absolute atomic E-state index is 0.130. The lowest BCUT2D eigenvalue weighted by Crippen LogP contribution is -2.46. The smallest absolute Gasteiger partial charge is 0.236 e. The summed E-state index contributed by atoms with van der Waals surface area (Å²) >= 11 is 1.39. The van der Waals surface area contributed by atoms with Crippen molar-refractivity contribution in [3.8, 4) is 21.8 Å². The van der Waals surface area contributed by atoms with Gasteiger partial charge in [-0.2, -0.15) is 0 Å². The Kier molecular flexibility index (Phi) is 16.0. The van der Waals surface area contributed by atoms with Gasteiger partial charge in [0.2, 0.25) is 33.7 Å². The van der Waals surface area contributed by atoms with Crippen LogP contribution in [0.2, 0.25) is 0 Å². The van der Waals surface area contributed by atoms with Crippen molar-refractivity contribution in [3.63, 3.8) is 0 Å². The van der Waals surface area contributed by atoms with E-state index in [1.807, 2.05) is 25.7 Å². The van der Waals surface area contributed by atoms with Crippen LogP contribution in [0.5, 0.6) is 0 Å². The third-order valence-corrected chi connectivity index (χ3v) is 15.4. The Bertz CT molecular complexity index is 2560. The van der Waals surface area contributed by atoms with Crippen molar-refractivity contribution in [2.75, 3.05) is 66.9 Å². The number of aromatic nitrogens is 3. The number of piperidine rings is 3. The Hall–Kier alpha value is -5.79. The van der Waals surface area contributed by atoms with E-state index in [9.17, 15) is 22.8 Å². The standard InChI is InChI=1S/C48H62FN11O5S2/c1-5-25-67(64,65)58-38-8-6-7-37(42(38)49)43-44(66-46(57-43)48(2,3)4)39-15-20-52-47(55-39)54-36(26-50)29-51-27-31-16-23-60(24-17-31)41(62)30-59-21-18-33(19-22-59)32-9-12-35(13-10-32)53-28-34-11-14-40(61)56-45(34)63/h6-10,12-13,15,20,26,29,31,33-34,53,58H,5,11,14,16-19,21-25,27-28,30,50H2,1-4H3,(H,52,54,55)(H,56,61,63)/b36-26+,51-29?. The second-order valence-electron chi connectivity index (χ2n) is 18.6. The van der Waals surface area contributed by atoms with Crippen molar-refractivity contribution in [3.05, 3.63) is 83.0 Å². The molecule has 0 aliphatic carbocycles. The Labute approximate surface area is 396 Å². The number of nitrogens with two attached hydrogens (primary N) is 1. The summed E-state index contributed by atoms with van der Waals surface area (Å²) in [4.78, 5) is 60.4. The maximum atomic E-state index is 16.1. The number of imide groups is 1. The third kappa shape index (κ3) is 13.0. The number of hydrogen-bond acceptors (Lipinski definition) is 14. The number of likely N-dealkylation sites (tertiary alicyclic amines) is 2. The number of halogens is 1. The topological polar surface area (TPSA) is 217 Å². The van der Waals surface area contributed by atoms with Gasteiger partial charge in [0.05, 0.1) is 50.9 Å². The number of benzene rings is 2. The van der Waals surface area contributed by atoms with Crippen LogP contribution in [0.4, 0.5) is 21.7 Å². The first-order valence-electron chi connectivity index (χ1n) is 23.1. The van der Waals surface area contributed by atoms with E-state index in [4.69, 9.17) is 15.7 Å². The predicted octanol–water partition coefficient (Wildman–Crippen LogP) is 6.72. The number of thiazole rings is 1. The molecule has 7 rings (SSSR count). The van der Waals surface area contributed by atoms with Gasteiger partial charge in [0.15, 0.2) is 5.82 Å². The van der Waals surface area contributed by atoms with E-state index in [0.717, 1.165) is 49.5 Å². The molecule has 358 valence electrons. The van der Waals surface area contributed by atoms with Crippen LogP contribution < -0.4 is 26.4 Å². The summed E-state index contributed by atoms with van der Waals surface area (Å²) in [7, 11) is -3.73.